The average molecular weight is 190 g/mol. The first kappa shape index (κ1) is 8.55. The third kappa shape index (κ3) is 1.52. The fourth-order valence-electron chi connectivity index (χ4n) is 0.984. The lowest BCUT2D eigenvalue weighted by Crippen LogP contribution is -2.31. The molecule has 0 fully saturated rings. The third-order valence-electron chi connectivity index (χ3n) is 1.75. The normalized spacial score (nSPS) is 15.1. The van der Waals surface area contributed by atoms with Crippen LogP contribution in [-0.2, 0) is 0 Å². The second kappa shape index (κ2) is 3.37. The number of hydrogen-bond donors (Lipinski definition) is 0. The molecule has 2 rings (SSSR count). The molecule has 0 N–H and O–H groups in total. The molecule has 1 heterocycles. The van der Waals surface area contributed by atoms with Crippen LogP contribution in [0.3, 0.4) is 0 Å². The monoisotopic (exact) mass is 190 g/mol. The number of amides is 2. The van der Waals surface area contributed by atoms with Crippen LogP contribution in [0.4, 0.5) is 4.79 Å². The van der Waals surface area contributed by atoms with Crippen molar-refractivity contribution < 1.29 is 9.53 Å². The van der Waals surface area contributed by atoms with Gasteiger partial charge in [0.25, 0.3) is 0 Å². The van der Waals surface area contributed by atoms with Crippen LogP contribution >= 0.6 is 0 Å². The Morgan fingerprint density at radius 3 is 2.57 bits per heavy atom. The van der Waals surface area contributed by atoms with E-state index in [1.54, 1.807) is 19.2 Å². The van der Waals surface area contributed by atoms with E-state index in [-0.39, 0.29) is 6.02 Å². The van der Waals surface area contributed by atoms with Gasteiger partial charge < -0.3 is 4.74 Å². The Morgan fingerprint density at radius 2 is 2.00 bits per heavy atom. The maximum absolute atomic E-state index is 10.9. The molecule has 1 aliphatic heterocycles. The fraction of sp³-hybridized carbons (Fsp3) is 0.111. The van der Waals surface area contributed by atoms with E-state index < -0.39 is 6.03 Å². The molecule has 0 aromatic heterocycles. The van der Waals surface area contributed by atoms with Gasteiger partial charge in [0.1, 0.15) is 5.75 Å². The molecule has 0 atom stereocenters. The molecular weight excluding hydrogens is 182 g/mol. The Hall–Kier alpha value is -2.04. The molecule has 0 saturated heterocycles. The predicted octanol–water partition coefficient (Wildman–Crippen LogP) is 1.01. The number of carbonyl (C=O) groups excluding carboxylic acids is 1. The van der Waals surface area contributed by atoms with Crippen molar-refractivity contribution in [2.75, 3.05) is 7.05 Å². The molecule has 0 unspecified atom stereocenters. The van der Waals surface area contributed by atoms with E-state index >= 15 is 0 Å². The average Bonchev–Trinajstić information content (AvgIpc) is 2.52. The van der Waals surface area contributed by atoms with Gasteiger partial charge in [-0.1, -0.05) is 28.7 Å². The maximum atomic E-state index is 10.9. The molecule has 2 amide bonds. The largest absolute Gasteiger partial charge is 0.424 e. The first-order valence-corrected chi connectivity index (χ1v) is 4.06. The summed E-state index contributed by atoms with van der Waals surface area (Å²) in [5.41, 5.74) is 3.34. The minimum atomic E-state index is -0.420. The smallest absolute Gasteiger partial charge is 0.370 e. The number of para-hydroxylation sites is 1. The molecule has 0 spiro atoms. The standard InChI is InChI=1S/C9H8N3O2/c1-12-8(13)10-11-9(12)14-7-5-3-2-4-6-7/h2-6H,1H3. The highest BCUT2D eigenvalue weighted by Crippen LogP contribution is 2.11. The summed E-state index contributed by atoms with van der Waals surface area (Å²) in [4.78, 5) is 12.2. The van der Waals surface area contributed by atoms with Crippen molar-refractivity contribution in [2.24, 2.45) is 5.10 Å². The summed E-state index contributed by atoms with van der Waals surface area (Å²) in [6.45, 7) is 0. The maximum Gasteiger partial charge on any atom is 0.370 e. The Kier molecular flexibility index (Phi) is 2.06. The number of benzene rings is 1. The van der Waals surface area contributed by atoms with E-state index in [0.29, 0.717) is 5.75 Å². The van der Waals surface area contributed by atoms with Crippen LogP contribution in [0.25, 0.3) is 0 Å². The summed E-state index contributed by atoms with van der Waals surface area (Å²) in [6.07, 6.45) is 0. The van der Waals surface area contributed by atoms with Gasteiger partial charge in [-0.3, -0.25) is 0 Å². The molecule has 14 heavy (non-hydrogen) atoms. The molecule has 5 heteroatoms. The van der Waals surface area contributed by atoms with E-state index in [4.69, 9.17) is 4.74 Å². The molecular formula is C9H8N3O2. The van der Waals surface area contributed by atoms with Gasteiger partial charge in [0.15, 0.2) is 0 Å². The van der Waals surface area contributed by atoms with Crippen LogP contribution in [0.2, 0.25) is 0 Å². The van der Waals surface area contributed by atoms with Crippen LogP contribution in [0.15, 0.2) is 35.4 Å². The first-order valence-electron chi connectivity index (χ1n) is 4.06. The Morgan fingerprint density at radius 1 is 1.29 bits per heavy atom. The zero-order valence-electron chi connectivity index (χ0n) is 7.54. The predicted molar refractivity (Wildman–Crippen MR) is 49.8 cm³/mol. The summed E-state index contributed by atoms with van der Waals surface area (Å²) in [7, 11) is 1.56. The van der Waals surface area contributed by atoms with E-state index in [9.17, 15) is 4.79 Å². The van der Waals surface area contributed by atoms with Crippen LogP contribution in [0, 0.1) is 0 Å². The first-order chi connectivity index (χ1) is 6.77. The van der Waals surface area contributed by atoms with E-state index in [1.807, 2.05) is 18.2 Å². The number of nitrogens with zero attached hydrogens (tertiary/aromatic N) is 3. The van der Waals surface area contributed by atoms with Crippen molar-refractivity contribution in [3.05, 3.63) is 30.3 Å². The molecule has 71 valence electrons. The summed E-state index contributed by atoms with van der Waals surface area (Å²) in [6, 6.07) is 8.88. The van der Waals surface area contributed by atoms with E-state index in [2.05, 4.69) is 10.5 Å². The number of carbonyl (C=O) groups is 1. The van der Waals surface area contributed by atoms with Crippen LogP contribution in [0.1, 0.15) is 0 Å². The van der Waals surface area contributed by atoms with Gasteiger partial charge in [0.05, 0.1) is 0 Å². The number of amidine groups is 1. The Balaban J connectivity index is 2.10. The quantitative estimate of drug-likeness (QED) is 0.663. The molecule has 1 aromatic rings. The zero-order valence-corrected chi connectivity index (χ0v) is 7.54. The van der Waals surface area contributed by atoms with Gasteiger partial charge in [-0.15, -0.1) is 0 Å². The minimum absolute atomic E-state index is 0.196. The van der Waals surface area contributed by atoms with Crippen molar-refractivity contribution >= 4 is 12.1 Å². The highest BCUT2D eigenvalue weighted by molar-refractivity contribution is 5.97. The summed E-state index contributed by atoms with van der Waals surface area (Å²) >= 11 is 0. The number of rotatable bonds is 1. The molecule has 0 aliphatic carbocycles. The fourth-order valence-corrected chi connectivity index (χ4v) is 0.984. The van der Waals surface area contributed by atoms with Crippen molar-refractivity contribution in [1.82, 2.24) is 10.3 Å². The molecule has 0 saturated carbocycles. The second-order valence-corrected chi connectivity index (χ2v) is 2.74. The van der Waals surface area contributed by atoms with Gasteiger partial charge >= 0.3 is 12.1 Å². The molecule has 1 aromatic carbocycles. The summed E-state index contributed by atoms with van der Waals surface area (Å²) < 4.78 is 5.32. The third-order valence-corrected chi connectivity index (χ3v) is 1.75. The molecule has 5 nitrogen and oxygen atoms in total. The Bertz CT molecular complexity index is 375. The second-order valence-electron chi connectivity index (χ2n) is 2.74. The van der Waals surface area contributed by atoms with Gasteiger partial charge in [-0.25, -0.2) is 9.69 Å². The lowest BCUT2D eigenvalue weighted by Gasteiger charge is -2.09. The zero-order chi connectivity index (χ0) is 9.97. The van der Waals surface area contributed by atoms with Crippen molar-refractivity contribution in [3.8, 4) is 5.75 Å². The lowest BCUT2D eigenvalue weighted by molar-refractivity contribution is 0.228. The summed E-state index contributed by atoms with van der Waals surface area (Å²) in [5.74, 6) is 0.628. The number of ether oxygens (including phenoxy) is 1. The number of urea groups is 1. The number of hydrogen-bond acceptors (Lipinski definition) is 3. The van der Waals surface area contributed by atoms with Crippen LogP contribution in [0.5, 0.6) is 5.75 Å². The molecule has 0 bridgehead atoms. The van der Waals surface area contributed by atoms with E-state index in [1.165, 1.54) is 4.90 Å². The lowest BCUT2D eigenvalue weighted by atomic mass is 10.3. The molecule has 1 aliphatic rings. The van der Waals surface area contributed by atoms with Gasteiger partial charge in [-0.2, -0.15) is 0 Å². The van der Waals surface area contributed by atoms with Crippen molar-refractivity contribution in [2.45, 2.75) is 0 Å². The van der Waals surface area contributed by atoms with Gasteiger partial charge in [0, 0.05) is 7.05 Å². The highest BCUT2D eigenvalue weighted by Gasteiger charge is 2.25. The van der Waals surface area contributed by atoms with Gasteiger partial charge in [-0.05, 0) is 12.1 Å². The van der Waals surface area contributed by atoms with Crippen LogP contribution in [-0.4, -0.2) is 24.0 Å². The molecule has 1 radical (unpaired) electrons. The topological polar surface area (TPSA) is 56.0 Å². The Labute approximate surface area is 81.0 Å². The minimum Gasteiger partial charge on any atom is -0.424 e. The SMILES string of the molecule is CN1C(=O)[N]N=C1Oc1ccccc1. The van der Waals surface area contributed by atoms with E-state index in [0.717, 1.165) is 0 Å². The van der Waals surface area contributed by atoms with Crippen molar-refractivity contribution in [3.63, 3.8) is 0 Å². The summed E-state index contributed by atoms with van der Waals surface area (Å²) in [5, 5.41) is 3.59. The van der Waals surface area contributed by atoms with Gasteiger partial charge in [0.2, 0.25) is 0 Å². The van der Waals surface area contributed by atoms with Crippen LogP contribution < -0.4 is 10.2 Å². The highest BCUT2D eigenvalue weighted by atomic mass is 16.5. The van der Waals surface area contributed by atoms with Crippen molar-refractivity contribution in [1.29, 1.82) is 0 Å².